The van der Waals surface area contributed by atoms with Crippen LogP contribution in [0.4, 0.5) is 5.13 Å². The number of benzene rings is 1. The van der Waals surface area contributed by atoms with Crippen molar-refractivity contribution in [3.05, 3.63) is 23.2 Å². The van der Waals surface area contributed by atoms with Gasteiger partial charge < -0.3 is 15.0 Å². The largest absolute Gasteiger partial charge is 0.381 e. The van der Waals surface area contributed by atoms with Crippen LogP contribution in [0.25, 0.3) is 10.2 Å². The molecule has 2 aliphatic rings. The van der Waals surface area contributed by atoms with Crippen LogP contribution in [-0.4, -0.2) is 43.2 Å². The number of nitrogens with zero attached hydrogens (tertiary/aromatic N) is 2. The summed E-state index contributed by atoms with van der Waals surface area (Å²) in [7, 11) is 0. The van der Waals surface area contributed by atoms with Gasteiger partial charge in [0.25, 0.3) is 0 Å². The normalized spacial score (nSPS) is 20.1. The number of ether oxygens (including phenoxy) is 1. The molecule has 0 spiro atoms. The molecule has 7 heteroatoms. The van der Waals surface area contributed by atoms with E-state index in [1.807, 2.05) is 12.1 Å². The van der Waals surface area contributed by atoms with Gasteiger partial charge in [0.15, 0.2) is 5.13 Å². The van der Waals surface area contributed by atoms with Gasteiger partial charge in [0, 0.05) is 38.3 Å². The van der Waals surface area contributed by atoms with Crippen molar-refractivity contribution in [2.75, 3.05) is 31.2 Å². The van der Waals surface area contributed by atoms with E-state index in [0.29, 0.717) is 5.02 Å². The minimum absolute atomic E-state index is 0.108. The maximum absolute atomic E-state index is 12.5. The summed E-state index contributed by atoms with van der Waals surface area (Å²) < 4.78 is 6.46. The van der Waals surface area contributed by atoms with Crippen LogP contribution < -0.4 is 10.2 Å². The molecule has 4 rings (SSSR count). The second-order valence-electron chi connectivity index (χ2n) is 6.74. The molecular formula is C18H22ClN3O2S. The molecule has 2 aromatic rings. The van der Waals surface area contributed by atoms with E-state index in [9.17, 15) is 4.79 Å². The Labute approximate surface area is 156 Å². The molecule has 1 amide bonds. The van der Waals surface area contributed by atoms with Crippen molar-refractivity contribution in [1.82, 2.24) is 10.3 Å². The average molecular weight is 380 g/mol. The molecule has 1 N–H and O–H groups in total. The number of halogens is 1. The summed E-state index contributed by atoms with van der Waals surface area (Å²) in [6, 6.07) is 6.17. The predicted molar refractivity (Wildman–Crippen MR) is 102 cm³/mol. The van der Waals surface area contributed by atoms with E-state index in [1.54, 1.807) is 11.3 Å². The van der Waals surface area contributed by atoms with Crippen LogP contribution >= 0.6 is 22.9 Å². The number of amides is 1. The van der Waals surface area contributed by atoms with Crippen LogP contribution in [0.1, 0.15) is 25.7 Å². The molecule has 2 aliphatic heterocycles. The third-order valence-electron chi connectivity index (χ3n) is 5.06. The zero-order valence-corrected chi connectivity index (χ0v) is 15.6. The van der Waals surface area contributed by atoms with Crippen molar-refractivity contribution in [3.63, 3.8) is 0 Å². The quantitative estimate of drug-likeness (QED) is 0.887. The Morgan fingerprint density at radius 3 is 2.72 bits per heavy atom. The van der Waals surface area contributed by atoms with E-state index in [1.165, 1.54) is 0 Å². The Kier molecular flexibility index (Phi) is 5.10. The number of nitrogens with one attached hydrogen (secondary N) is 1. The number of rotatable bonds is 3. The van der Waals surface area contributed by atoms with E-state index in [-0.39, 0.29) is 17.9 Å². The highest BCUT2D eigenvalue weighted by Gasteiger charge is 2.28. The van der Waals surface area contributed by atoms with Crippen molar-refractivity contribution in [2.24, 2.45) is 5.92 Å². The van der Waals surface area contributed by atoms with Gasteiger partial charge in [-0.25, -0.2) is 4.98 Å². The van der Waals surface area contributed by atoms with Gasteiger partial charge in [-0.05, 0) is 37.8 Å². The third-order valence-corrected chi connectivity index (χ3v) is 6.45. The summed E-state index contributed by atoms with van der Waals surface area (Å²) in [6.07, 6.45) is 3.60. The smallest absolute Gasteiger partial charge is 0.223 e. The Balaban J connectivity index is 1.35. The molecule has 2 saturated heterocycles. The van der Waals surface area contributed by atoms with E-state index in [0.717, 1.165) is 67.3 Å². The molecule has 134 valence electrons. The Morgan fingerprint density at radius 2 is 2.00 bits per heavy atom. The van der Waals surface area contributed by atoms with Crippen molar-refractivity contribution in [1.29, 1.82) is 0 Å². The summed E-state index contributed by atoms with van der Waals surface area (Å²) in [6.45, 7) is 3.24. The molecule has 25 heavy (non-hydrogen) atoms. The molecule has 5 nitrogen and oxygen atoms in total. The second-order valence-corrected chi connectivity index (χ2v) is 8.16. The lowest BCUT2D eigenvalue weighted by molar-refractivity contribution is -0.126. The molecule has 0 saturated carbocycles. The second kappa shape index (κ2) is 7.48. The highest BCUT2D eigenvalue weighted by Crippen LogP contribution is 2.34. The summed E-state index contributed by atoms with van der Waals surface area (Å²) in [5.74, 6) is 0.316. The van der Waals surface area contributed by atoms with Gasteiger partial charge in [-0.2, -0.15) is 0 Å². The Bertz CT molecular complexity index is 752. The summed E-state index contributed by atoms with van der Waals surface area (Å²) in [4.78, 5) is 19.5. The molecule has 1 aromatic carbocycles. The SMILES string of the molecule is O=C(NC1CCOCC1)C1CCN(c2nc3c(Cl)cccc3s2)CC1. The highest BCUT2D eigenvalue weighted by molar-refractivity contribution is 7.22. The van der Waals surface area contributed by atoms with Crippen molar-refractivity contribution < 1.29 is 9.53 Å². The first-order valence-corrected chi connectivity index (χ1v) is 10.1. The first kappa shape index (κ1) is 17.1. The number of carbonyl (C=O) groups is 1. The lowest BCUT2D eigenvalue weighted by Gasteiger charge is -2.32. The number of hydrogen-bond donors (Lipinski definition) is 1. The number of para-hydroxylation sites is 1. The van der Waals surface area contributed by atoms with Gasteiger partial charge in [-0.1, -0.05) is 29.0 Å². The van der Waals surface area contributed by atoms with E-state index < -0.39 is 0 Å². The molecule has 0 radical (unpaired) electrons. The fraction of sp³-hybridized carbons (Fsp3) is 0.556. The number of anilines is 1. The number of fused-ring (bicyclic) bond motifs is 1. The number of carbonyl (C=O) groups excluding carboxylic acids is 1. The molecule has 0 atom stereocenters. The fourth-order valence-corrected chi connectivity index (χ4v) is 4.85. The molecule has 2 fully saturated rings. The monoisotopic (exact) mass is 379 g/mol. The van der Waals surface area contributed by atoms with Crippen LogP contribution in [0.2, 0.25) is 5.02 Å². The van der Waals surface area contributed by atoms with Gasteiger partial charge >= 0.3 is 0 Å². The number of hydrogen-bond acceptors (Lipinski definition) is 5. The van der Waals surface area contributed by atoms with Gasteiger partial charge in [-0.3, -0.25) is 4.79 Å². The van der Waals surface area contributed by atoms with Gasteiger partial charge in [0.2, 0.25) is 5.91 Å². The summed E-state index contributed by atoms with van der Waals surface area (Å²) in [5.41, 5.74) is 0.878. The van der Waals surface area contributed by atoms with Crippen LogP contribution in [0.3, 0.4) is 0 Å². The number of aromatic nitrogens is 1. The van der Waals surface area contributed by atoms with E-state index in [2.05, 4.69) is 16.3 Å². The topological polar surface area (TPSA) is 54.5 Å². The van der Waals surface area contributed by atoms with Gasteiger partial charge in [-0.15, -0.1) is 0 Å². The predicted octanol–water partition coefficient (Wildman–Crippen LogP) is 3.46. The maximum atomic E-state index is 12.5. The first-order valence-electron chi connectivity index (χ1n) is 8.89. The van der Waals surface area contributed by atoms with Crippen molar-refractivity contribution in [3.8, 4) is 0 Å². The van der Waals surface area contributed by atoms with E-state index >= 15 is 0 Å². The number of thiazole rings is 1. The van der Waals surface area contributed by atoms with Crippen LogP contribution in [0.15, 0.2) is 18.2 Å². The molecule has 0 unspecified atom stereocenters. The average Bonchev–Trinajstić information content (AvgIpc) is 3.08. The third kappa shape index (κ3) is 3.76. The molecule has 0 bridgehead atoms. The minimum atomic E-state index is 0.108. The van der Waals surface area contributed by atoms with Crippen LogP contribution in [0.5, 0.6) is 0 Å². The Morgan fingerprint density at radius 1 is 1.24 bits per heavy atom. The lowest BCUT2D eigenvalue weighted by atomic mass is 9.95. The summed E-state index contributed by atoms with van der Waals surface area (Å²) in [5, 5.41) is 4.91. The van der Waals surface area contributed by atoms with Gasteiger partial charge in [0.05, 0.1) is 9.72 Å². The fourth-order valence-electron chi connectivity index (χ4n) is 3.53. The maximum Gasteiger partial charge on any atom is 0.223 e. The molecule has 1 aromatic heterocycles. The van der Waals surface area contributed by atoms with Crippen molar-refractivity contribution in [2.45, 2.75) is 31.7 Å². The molecule has 3 heterocycles. The number of piperidine rings is 1. The lowest BCUT2D eigenvalue weighted by Crippen LogP contribution is -2.45. The van der Waals surface area contributed by atoms with Gasteiger partial charge in [0.1, 0.15) is 5.52 Å². The highest BCUT2D eigenvalue weighted by atomic mass is 35.5. The van der Waals surface area contributed by atoms with Crippen LogP contribution in [-0.2, 0) is 9.53 Å². The summed E-state index contributed by atoms with van der Waals surface area (Å²) >= 11 is 7.90. The minimum Gasteiger partial charge on any atom is -0.381 e. The zero-order chi connectivity index (χ0) is 17.2. The molecule has 0 aliphatic carbocycles. The zero-order valence-electron chi connectivity index (χ0n) is 14.0. The van der Waals surface area contributed by atoms with E-state index in [4.69, 9.17) is 21.3 Å². The first-order chi connectivity index (χ1) is 12.2. The van der Waals surface area contributed by atoms with Crippen molar-refractivity contribution >= 4 is 44.2 Å². The van der Waals surface area contributed by atoms with Crippen LogP contribution in [0, 0.1) is 5.92 Å². The standard InChI is InChI=1S/C18H22ClN3O2S/c19-14-2-1-3-15-16(14)21-18(25-15)22-8-4-12(5-9-22)17(23)20-13-6-10-24-11-7-13/h1-3,12-13H,4-11H2,(H,20,23). The Hall–Kier alpha value is -1.37. The molecular weight excluding hydrogens is 358 g/mol.